The van der Waals surface area contributed by atoms with E-state index in [1.54, 1.807) is 24.3 Å². The van der Waals surface area contributed by atoms with Gasteiger partial charge in [0.2, 0.25) is 0 Å². The number of benzene rings is 2. The van der Waals surface area contributed by atoms with Crippen LogP contribution in [0.5, 0.6) is 0 Å². The molecule has 0 aromatic heterocycles. The summed E-state index contributed by atoms with van der Waals surface area (Å²) in [4.78, 5) is 23.7. The summed E-state index contributed by atoms with van der Waals surface area (Å²) >= 11 is 5.71. The van der Waals surface area contributed by atoms with Crippen molar-refractivity contribution in [1.29, 1.82) is 0 Å². The highest BCUT2D eigenvalue weighted by Crippen LogP contribution is 2.19. The number of halogens is 2. The van der Waals surface area contributed by atoms with E-state index in [2.05, 4.69) is 5.32 Å². The Morgan fingerprint density at radius 1 is 1.10 bits per heavy atom. The van der Waals surface area contributed by atoms with Gasteiger partial charge < -0.3 is 5.32 Å². The molecule has 2 aromatic carbocycles. The minimum absolute atomic E-state index is 0.122. The highest BCUT2D eigenvalue weighted by atomic mass is 35.5. The van der Waals surface area contributed by atoms with Crippen molar-refractivity contribution >= 4 is 29.0 Å². The zero-order valence-electron chi connectivity index (χ0n) is 10.6. The quantitative estimate of drug-likeness (QED) is 0.693. The van der Waals surface area contributed by atoms with Crippen molar-refractivity contribution in [3.8, 4) is 0 Å². The third-order valence-corrected chi connectivity index (χ3v) is 2.93. The van der Waals surface area contributed by atoms with Gasteiger partial charge in [0.05, 0.1) is 5.69 Å². The molecule has 0 fully saturated rings. The van der Waals surface area contributed by atoms with E-state index in [4.69, 9.17) is 11.6 Å². The number of aryl methyl sites for hydroxylation is 1. The predicted octanol–water partition coefficient (Wildman–Crippen LogP) is 3.61. The number of carbonyl (C=O) groups excluding carboxylic acids is 2. The Bertz CT molecular complexity index is 668. The van der Waals surface area contributed by atoms with Gasteiger partial charge in [-0.3, -0.25) is 9.59 Å². The second-order valence-electron chi connectivity index (χ2n) is 4.27. The summed E-state index contributed by atoms with van der Waals surface area (Å²) in [5.74, 6) is -2.29. The Morgan fingerprint density at radius 2 is 1.75 bits per heavy atom. The first-order valence-corrected chi connectivity index (χ1v) is 6.22. The molecule has 1 N–H and O–H groups in total. The van der Waals surface area contributed by atoms with E-state index in [-0.39, 0.29) is 16.3 Å². The van der Waals surface area contributed by atoms with Crippen molar-refractivity contribution in [2.24, 2.45) is 0 Å². The molecule has 2 rings (SSSR count). The fourth-order valence-electron chi connectivity index (χ4n) is 1.61. The van der Waals surface area contributed by atoms with E-state index in [1.165, 1.54) is 12.1 Å². The van der Waals surface area contributed by atoms with Crippen LogP contribution >= 0.6 is 11.6 Å². The minimum Gasteiger partial charge on any atom is -0.317 e. The molecule has 102 valence electrons. The molecule has 1 amide bonds. The molecule has 0 radical (unpaired) electrons. The van der Waals surface area contributed by atoms with Gasteiger partial charge in [-0.1, -0.05) is 41.4 Å². The standard InChI is InChI=1S/C15H11ClFNO2/c1-9-2-4-10(5-3-9)14(19)15(20)18-13-8-11(16)6-7-12(13)17/h2-8H,1H3,(H,18,20). The zero-order chi connectivity index (χ0) is 14.7. The topological polar surface area (TPSA) is 46.2 Å². The van der Waals surface area contributed by atoms with Gasteiger partial charge in [0.25, 0.3) is 11.7 Å². The molecule has 20 heavy (non-hydrogen) atoms. The lowest BCUT2D eigenvalue weighted by Crippen LogP contribution is -2.23. The Kier molecular flexibility index (Phi) is 4.15. The van der Waals surface area contributed by atoms with Crippen LogP contribution in [-0.2, 0) is 4.79 Å². The Balaban J connectivity index is 2.17. The molecule has 2 aromatic rings. The molecule has 0 aliphatic rings. The van der Waals surface area contributed by atoms with Crippen LogP contribution < -0.4 is 5.32 Å². The van der Waals surface area contributed by atoms with Gasteiger partial charge in [-0.25, -0.2) is 4.39 Å². The number of Topliss-reactive ketones (excluding diaryl/α,β-unsaturated/α-hetero) is 1. The van der Waals surface area contributed by atoms with Crippen LogP contribution in [0.2, 0.25) is 5.02 Å². The average molecular weight is 292 g/mol. The largest absolute Gasteiger partial charge is 0.317 e. The first-order valence-electron chi connectivity index (χ1n) is 5.85. The number of nitrogens with one attached hydrogen (secondary N) is 1. The molecule has 3 nitrogen and oxygen atoms in total. The predicted molar refractivity (Wildman–Crippen MR) is 75.5 cm³/mol. The summed E-state index contributed by atoms with van der Waals surface area (Å²) < 4.78 is 13.5. The molecule has 0 spiro atoms. The molecule has 5 heteroatoms. The van der Waals surface area contributed by atoms with Crippen molar-refractivity contribution in [1.82, 2.24) is 0 Å². The van der Waals surface area contributed by atoms with Crippen molar-refractivity contribution in [3.63, 3.8) is 0 Å². The van der Waals surface area contributed by atoms with E-state index in [0.29, 0.717) is 0 Å². The lowest BCUT2D eigenvalue weighted by molar-refractivity contribution is -0.112. The van der Waals surface area contributed by atoms with E-state index < -0.39 is 17.5 Å². The number of ketones is 1. The minimum atomic E-state index is -0.907. The first-order chi connectivity index (χ1) is 9.47. The highest BCUT2D eigenvalue weighted by molar-refractivity contribution is 6.46. The van der Waals surface area contributed by atoms with Gasteiger partial charge in [-0.05, 0) is 25.1 Å². The number of hydrogen-bond donors (Lipinski definition) is 1. The number of anilines is 1. The van der Waals surface area contributed by atoms with Gasteiger partial charge in [0.1, 0.15) is 5.82 Å². The lowest BCUT2D eigenvalue weighted by Gasteiger charge is -2.06. The maximum Gasteiger partial charge on any atom is 0.296 e. The average Bonchev–Trinajstić information content (AvgIpc) is 2.43. The van der Waals surface area contributed by atoms with Crippen LogP contribution in [0.25, 0.3) is 0 Å². The van der Waals surface area contributed by atoms with E-state index in [9.17, 15) is 14.0 Å². The van der Waals surface area contributed by atoms with Gasteiger partial charge in [-0.2, -0.15) is 0 Å². The third kappa shape index (κ3) is 3.22. The van der Waals surface area contributed by atoms with Crippen molar-refractivity contribution in [3.05, 3.63) is 64.4 Å². The zero-order valence-corrected chi connectivity index (χ0v) is 11.4. The second kappa shape index (κ2) is 5.84. The summed E-state index contributed by atoms with van der Waals surface area (Å²) in [6, 6.07) is 10.3. The van der Waals surface area contributed by atoms with Crippen LogP contribution in [-0.4, -0.2) is 11.7 Å². The molecular weight excluding hydrogens is 281 g/mol. The number of hydrogen-bond acceptors (Lipinski definition) is 2. The normalized spacial score (nSPS) is 10.2. The highest BCUT2D eigenvalue weighted by Gasteiger charge is 2.17. The first kappa shape index (κ1) is 14.2. The summed E-state index contributed by atoms with van der Waals surface area (Å²) in [6.07, 6.45) is 0. The number of rotatable bonds is 3. The molecule has 0 atom stereocenters. The fourth-order valence-corrected chi connectivity index (χ4v) is 1.78. The molecule has 0 bridgehead atoms. The van der Waals surface area contributed by atoms with Gasteiger partial charge in [0.15, 0.2) is 0 Å². The van der Waals surface area contributed by atoms with Crippen molar-refractivity contribution in [2.45, 2.75) is 6.92 Å². The lowest BCUT2D eigenvalue weighted by atomic mass is 10.1. The molecule has 0 aliphatic carbocycles. The van der Waals surface area contributed by atoms with Crippen LogP contribution in [0.15, 0.2) is 42.5 Å². The fraction of sp³-hybridized carbons (Fsp3) is 0.0667. The van der Waals surface area contributed by atoms with E-state index in [1.807, 2.05) is 6.92 Å². The van der Waals surface area contributed by atoms with Crippen LogP contribution in [0, 0.1) is 12.7 Å². The molecule has 0 saturated carbocycles. The van der Waals surface area contributed by atoms with Crippen molar-refractivity contribution < 1.29 is 14.0 Å². The van der Waals surface area contributed by atoms with Gasteiger partial charge >= 0.3 is 0 Å². The van der Waals surface area contributed by atoms with Crippen LogP contribution in [0.3, 0.4) is 0 Å². The summed E-state index contributed by atoms with van der Waals surface area (Å²) in [6.45, 7) is 1.87. The number of carbonyl (C=O) groups is 2. The summed E-state index contributed by atoms with van der Waals surface area (Å²) in [5, 5.41) is 2.48. The summed E-state index contributed by atoms with van der Waals surface area (Å²) in [7, 11) is 0. The van der Waals surface area contributed by atoms with Crippen molar-refractivity contribution in [2.75, 3.05) is 5.32 Å². The Labute approximate surface area is 120 Å². The van der Waals surface area contributed by atoms with E-state index in [0.717, 1.165) is 11.6 Å². The number of amides is 1. The molecular formula is C15H11ClFNO2. The Hall–Kier alpha value is -2.20. The monoisotopic (exact) mass is 291 g/mol. The smallest absolute Gasteiger partial charge is 0.296 e. The summed E-state index contributed by atoms with van der Waals surface area (Å²) in [5.41, 5.74) is 1.10. The maximum absolute atomic E-state index is 13.5. The third-order valence-electron chi connectivity index (χ3n) is 2.70. The van der Waals surface area contributed by atoms with Gasteiger partial charge in [0, 0.05) is 10.6 Å². The maximum atomic E-state index is 13.5. The van der Waals surface area contributed by atoms with Crippen LogP contribution in [0.4, 0.5) is 10.1 Å². The van der Waals surface area contributed by atoms with Gasteiger partial charge in [-0.15, -0.1) is 0 Å². The molecule has 0 heterocycles. The van der Waals surface area contributed by atoms with Crippen LogP contribution in [0.1, 0.15) is 15.9 Å². The molecule has 0 unspecified atom stereocenters. The second-order valence-corrected chi connectivity index (χ2v) is 4.71. The SMILES string of the molecule is Cc1ccc(C(=O)C(=O)Nc2cc(Cl)ccc2F)cc1. The van der Waals surface area contributed by atoms with E-state index >= 15 is 0 Å². The molecule has 0 aliphatic heterocycles. The molecule has 0 saturated heterocycles. The Morgan fingerprint density at radius 3 is 2.40 bits per heavy atom.